The molecule has 0 bridgehead atoms. The molecule has 0 unspecified atom stereocenters. The van der Waals surface area contributed by atoms with E-state index in [0.29, 0.717) is 24.3 Å². The van der Waals surface area contributed by atoms with Crippen LogP contribution in [0.4, 0.5) is 11.4 Å². The molecule has 0 radical (unpaired) electrons. The number of amides is 1. The van der Waals surface area contributed by atoms with Crippen LogP contribution in [0.25, 0.3) is 0 Å². The Kier molecular flexibility index (Phi) is 4.50. The van der Waals surface area contributed by atoms with Gasteiger partial charge in [0.25, 0.3) is 16.1 Å². The average Bonchev–Trinajstić information content (AvgIpc) is 2.97. The van der Waals surface area contributed by atoms with Gasteiger partial charge in [0.15, 0.2) is 0 Å². The normalized spacial score (nSPS) is 13.6. The minimum absolute atomic E-state index is 0.145. The number of aromatic nitrogens is 1. The van der Waals surface area contributed by atoms with Gasteiger partial charge in [-0.1, -0.05) is 13.0 Å². The first-order valence-electron chi connectivity index (χ1n) is 7.62. The minimum Gasteiger partial charge on any atom is -0.308 e. The lowest BCUT2D eigenvalue weighted by molar-refractivity contribution is 0.0989. The lowest BCUT2D eigenvalue weighted by atomic mass is 10.1. The highest BCUT2D eigenvalue weighted by Gasteiger charge is 2.26. The van der Waals surface area contributed by atoms with Crippen LogP contribution in [0.1, 0.15) is 22.8 Å². The second-order valence-electron chi connectivity index (χ2n) is 5.40. The fraction of sp³-hybridized carbons (Fsp3) is 0.250. The largest absolute Gasteiger partial charge is 0.308 e. The molecule has 1 aliphatic heterocycles. The molecule has 24 heavy (non-hydrogen) atoms. The zero-order valence-electron chi connectivity index (χ0n) is 13.2. The number of carbonyl (C=O) groups excluding carboxylic acids is 1. The van der Waals surface area contributed by atoms with E-state index in [-0.39, 0.29) is 5.91 Å². The van der Waals surface area contributed by atoms with E-state index >= 15 is 0 Å². The molecule has 2 aromatic rings. The third-order valence-electron chi connectivity index (χ3n) is 3.72. The first-order valence-corrected chi connectivity index (χ1v) is 9.10. The van der Waals surface area contributed by atoms with Crippen LogP contribution in [0, 0.1) is 0 Å². The van der Waals surface area contributed by atoms with Gasteiger partial charge in [0.05, 0.1) is 11.3 Å². The first kappa shape index (κ1) is 16.4. The van der Waals surface area contributed by atoms with Gasteiger partial charge in [0.2, 0.25) is 0 Å². The number of benzene rings is 1. The zero-order chi connectivity index (χ0) is 17.2. The number of nitrogens with zero attached hydrogens (tertiary/aromatic N) is 2. The highest BCUT2D eigenvalue weighted by Crippen LogP contribution is 2.32. The fourth-order valence-electron chi connectivity index (χ4n) is 2.68. The average molecular weight is 346 g/mol. The minimum atomic E-state index is -3.61. The van der Waals surface area contributed by atoms with Crippen molar-refractivity contribution in [2.24, 2.45) is 0 Å². The summed E-state index contributed by atoms with van der Waals surface area (Å²) in [5.74, 6) is -0.145. The number of fused-ring (bicyclic) bond motifs is 1. The predicted molar refractivity (Wildman–Crippen MR) is 92.3 cm³/mol. The summed E-state index contributed by atoms with van der Waals surface area (Å²) < 4.78 is 28.5. The summed E-state index contributed by atoms with van der Waals surface area (Å²) in [5, 5.41) is 0. The Morgan fingerprint density at radius 3 is 2.88 bits per heavy atom. The first-order chi connectivity index (χ1) is 11.5. The number of pyridine rings is 1. The van der Waals surface area contributed by atoms with E-state index in [1.165, 1.54) is 6.20 Å². The van der Waals surface area contributed by atoms with Crippen LogP contribution in [0.5, 0.6) is 0 Å². The van der Waals surface area contributed by atoms with Crippen molar-refractivity contribution in [3.63, 3.8) is 0 Å². The Balaban J connectivity index is 1.88. The standard InChI is InChI=1S/C16H18N4O3S/c1-2-18-24(22,23)19-14-6-5-12-7-9-20(15(12)10-14)16(21)13-4-3-8-17-11-13/h3-6,8,10-11,18-19H,2,7,9H2,1H3. The number of hydrogen-bond acceptors (Lipinski definition) is 4. The Bertz CT molecular complexity index is 853. The van der Waals surface area contributed by atoms with Gasteiger partial charge >= 0.3 is 0 Å². The Morgan fingerprint density at radius 1 is 1.33 bits per heavy atom. The van der Waals surface area contributed by atoms with Gasteiger partial charge in [-0.3, -0.25) is 14.5 Å². The van der Waals surface area contributed by atoms with Gasteiger partial charge in [-0.15, -0.1) is 0 Å². The fourth-order valence-corrected chi connectivity index (χ4v) is 3.57. The van der Waals surface area contributed by atoms with Crippen molar-refractivity contribution in [1.82, 2.24) is 9.71 Å². The second-order valence-corrected chi connectivity index (χ2v) is 6.90. The Labute approximate surface area is 140 Å². The van der Waals surface area contributed by atoms with Crippen LogP contribution in [-0.2, 0) is 16.6 Å². The molecule has 1 aliphatic rings. The van der Waals surface area contributed by atoms with Gasteiger partial charge in [-0.2, -0.15) is 13.1 Å². The molecule has 7 nitrogen and oxygen atoms in total. The van der Waals surface area contributed by atoms with E-state index in [0.717, 1.165) is 17.7 Å². The van der Waals surface area contributed by atoms with Crippen LogP contribution in [0.3, 0.4) is 0 Å². The summed E-state index contributed by atoms with van der Waals surface area (Å²) in [6.45, 7) is 2.56. The molecule has 8 heteroatoms. The number of anilines is 2. The van der Waals surface area contributed by atoms with Crippen LogP contribution in [-0.4, -0.2) is 32.4 Å². The third kappa shape index (κ3) is 3.39. The summed E-state index contributed by atoms with van der Waals surface area (Å²) in [4.78, 5) is 18.3. The molecular weight excluding hydrogens is 328 g/mol. The molecule has 0 atom stereocenters. The molecular formula is C16H18N4O3S. The lowest BCUT2D eigenvalue weighted by Gasteiger charge is -2.18. The maximum atomic E-state index is 12.6. The molecule has 1 aromatic heterocycles. The van der Waals surface area contributed by atoms with Crippen molar-refractivity contribution in [3.05, 3.63) is 53.9 Å². The second kappa shape index (κ2) is 6.58. The maximum Gasteiger partial charge on any atom is 0.299 e. The van der Waals surface area contributed by atoms with Crippen molar-refractivity contribution in [2.45, 2.75) is 13.3 Å². The van der Waals surface area contributed by atoms with Crippen molar-refractivity contribution < 1.29 is 13.2 Å². The summed E-state index contributed by atoms with van der Waals surface area (Å²) in [6.07, 6.45) is 3.88. The van der Waals surface area contributed by atoms with Gasteiger partial charge in [-0.25, -0.2) is 0 Å². The Morgan fingerprint density at radius 2 is 2.17 bits per heavy atom. The molecule has 0 spiro atoms. The van der Waals surface area contributed by atoms with E-state index in [1.807, 2.05) is 6.07 Å². The van der Waals surface area contributed by atoms with E-state index < -0.39 is 10.2 Å². The van der Waals surface area contributed by atoms with E-state index in [2.05, 4.69) is 14.4 Å². The third-order valence-corrected chi connectivity index (χ3v) is 4.89. The van der Waals surface area contributed by atoms with E-state index in [9.17, 15) is 13.2 Å². The van der Waals surface area contributed by atoms with Gasteiger partial charge in [0, 0.05) is 31.2 Å². The van der Waals surface area contributed by atoms with Gasteiger partial charge in [0.1, 0.15) is 0 Å². The molecule has 0 aliphatic carbocycles. The van der Waals surface area contributed by atoms with Crippen LogP contribution >= 0.6 is 0 Å². The quantitative estimate of drug-likeness (QED) is 0.859. The molecule has 1 amide bonds. The topological polar surface area (TPSA) is 91.4 Å². The molecule has 1 aromatic carbocycles. The van der Waals surface area contributed by atoms with Crippen LogP contribution < -0.4 is 14.3 Å². The van der Waals surface area contributed by atoms with Gasteiger partial charge in [-0.05, 0) is 36.2 Å². The molecule has 0 saturated carbocycles. The highest BCUT2D eigenvalue weighted by atomic mass is 32.2. The lowest BCUT2D eigenvalue weighted by Crippen LogP contribution is -2.30. The molecule has 126 valence electrons. The maximum absolute atomic E-state index is 12.6. The molecule has 0 saturated heterocycles. The van der Waals surface area contributed by atoms with Crippen LogP contribution in [0.15, 0.2) is 42.7 Å². The SMILES string of the molecule is CCNS(=O)(=O)Nc1ccc2c(c1)N(C(=O)c1cccnc1)CC2. The van der Waals surface area contributed by atoms with Crippen molar-refractivity contribution >= 4 is 27.5 Å². The van der Waals surface area contributed by atoms with Gasteiger partial charge < -0.3 is 4.90 Å². The summed E-state index contributed by atoms with van der Waals surface area (Å²) >= 11 is 0. The molecule has 3 rings (SSSR count). The summed E-state index contributed by atoms with van der Waals surface area (Å²) in [6, 6.07) is 8.66. The van der Waals surface area contributed by atoms with Crippen molar-refractivity contribution in [3.8, 4) is 0 Å². The summed E-state index contributed by atoms with van der Waals surface area (Å²) in [7, 11) is -3.61. The number of nitrogens with one attached hydrogen (secondary N) is 2. The predicted octanol–water partition coefficient (Wildman–Crippen LogP) is 1.55. The number of hydrogen-bond donors (Lipinski definition) is 2. The Hall–Kier alpha value is -2.45. The zero-order valence-corrected chi connectivity index (χ0v) is 14.0. The van der Waals surface area contributed by atoms with E-state index in [4.69, 9.17) is 0 Å². The molecule has 2 heterocycles. The summed E-state index contributed by atoms with van der Waals surface area (Å²) in [5.41, 5.74) is 2.66. The van der Waals surface area contributed by atoms with E-state index in [1.54, 1.807) is 42.3 Å². The molecule has 2 N–H and O–H groups in total. The van der Waals surface area contributed by atoms with Crippen molar-refractivity contribution in [1.29, 1.82) is 0 Å². The monoisotopic (exact) mass is 346 g/mol. The number of carbonyl (C=O) groups is 1. The number of rotatable bonds is 5. The van der Waals surface area contributed by atoms with Crippen LogP contribution in [0.2, 0.25) is 0 Å². The van der Waals surface area contributed by atoms with Crippen molar-refractivity contribution in [2.75, 3.05) is 22.7 Å². The smallest absolute Gasteiger partial charge is 0.299 e. The highest BCUT2D eigenvalue weighted by molar-refractivity contribution is 7.90. The molecule has 0 fully saturated rings.